The van der Waals surface area contributed by atoms with E-state index in [-0.39, 0.29) is 0 Å². The van der Waals surface area contributed by atoms with Crippen LogP contribution in [-0.4, -0.2) is 47.2 Å². The lowest BCUT2D eigenvalue weighted by atomic mass is 9.90. The van der Waals surface area contributed by atoms with Crippen LogP contribution in [0.3, 0.4) is 0 Å². The molecule has 0 aromatic rings. The second kappa shape index (κ2) is 4.94. The summed E-state index contributed by atoms with van der Waals surface area (Å²) in [6.45, 7) is 7.23. The summed E-state index contributed by atoms with van der Waals surface area (Å²) in [5, 5.41) is 12.3. The highest BCUT2D eigenvalue weighted by molar-refractivity contribution is 5.78. The van der Waals surface area contributed by atoms with E-state index >= 15 is 0 Å². The van der Waals surface area contributed by atoms with Crippen LogP contribution in [0.1, 0.15) is 39.5 Å². The zero-order chi connectivity index (χ0) is 12.5. The van der Waals surface area contributed by atoms with Crippen LogP contribution in [0.2, 0.25) is 0 Å². The third-order valence-electron chi connectivity index (χ3n) is 4.46. The van der Waals surface area contributed by atoms with Gasteiger partial charge in [0.05, 0.1) is 0 Å². The summed E-state index contributed by atoms with van der Waals surface area (Å²) in [6.07, 6.45) is 4.52. The van der Waals surface area contributed by atoms with E-state index in [1.54, 1.807) is 0 Å². The van der Waals surface area contributed by atoms with Crippen LogP contribution in [0.25, 0.3) is 0 Å². The lowest BCUT2D eigenvalue weighted by molar-refractivity contribution is -0.143. The first-order valence-corrected chi connectivity index (χ1v) is 6.77. The first-order chi connectivity index (χ1) is 8.05. The molecule has 98 valence electrons. The first-order valence-electron chi connectivity index (χ1n) is 6.77. The Labute approximate surface area is 103 Å². The maximum absolute atomic E-state index is 11.2. The molecule has 2 aliphatic heterocycles. The minimum atomic E-state index is -0.709. The number of nitrogens with zero attached hydrogens (tertiary/aromatic N) is 1. The van der Waals surface area contributed by atoms with E-state index in [2.05, 4.69) is 17.1 Å². The summed E-state index contributed by atoms with van der Waals surface area (Å²) in [4.78, 5) is 13.7. The molecule has 0 aromatic heterocycles. The second-order valence-corrected chi connectivity index (χ2v) is 5.75. The minimum absolute atomic E-state index is 0.522. The molecular formula is C13H24N2O2. The largest absolute Gasteiger partial charge is 0.480 e. The van der Waals surface area contributed by atoms with Gasteiger partial charge in [-0.05, 0) is 58.2 Å². The molecule has 2 rings (SSSR count). The van der Waals surface area contributed by atoms with Crippen molar-refractivity contribution in [2.24, 2.45) is 5.92 Å². The SMILES string of the molecule is CCN1CCCC1CC1CNC(C)(C(=O)O)C1. The molecule has 0 radical (unpaired) electrons. The van der Waals surface area contributed by atoms with E-state index in [0.717, 1.165) is 25.9 Å². The molecule has 2 fully saturated rings. The molecule has 4 heteroatoms. The van der Waals surface area contributed by atoms with Crippen molar-refractivity contribution in [3.8, 4) is 0 Å². The highest BCUT2D eigenvalue weighted by Crippen LogP contribution is 2.31. The lowest BCUT2D eigenvalue weighted by Gasteiger charge is -2.25. The molecule has 0 spiro atoms. The first kappa shape index (κ1) is 12.8. The van der Waals surface area contributed by atoms with Gasteiger partial charge in [0.15, 0.2) is 0 Å². The Bertz CT molecular complexity index is 295. The van der Waals surface area contributed by atoms with Gasteiger partial charge in [-0.2, -0.15) is 0 Å². The Morgan fingerprint density at radius 3 is 2.94 bits per heavy atom. The Balaban J connectivity index is 1.87. The normalized spacial score (nSPS) is 38.7. The number of hydrogen-bond donors (Lipinski definition) is 2. The molecule has 4 nitrogen and oxygen atoms in total. The smallest absolute Gasteiger partial charge is 0.323 e. The number of aliphatic carboxylic acids is 1. The molecule has 0 amide bonds. The van der Waals surface area contributed by atoms with Gasteiger partial charge in [-0.1, -0.05) is 6.92 Å². The maximum atomic E-state index is 11.2. The van der Waals surface area contributed by atoms with Crippen molar-refractivity contribution in [2.75, 3.05) is 19.6 Å². The predicted molar refractivity (Wildman–Crippen MR) is 67.0 cm³/mol. The van der Waals surface area contributed by atoms with Crippen LogP contribution in [0.5, 0.6) is 0 Å². The quantitative estimate of drug-likeness (QED) is 0.778. The van der Waals surface area contributed by atoms with E-state index in [1.165, 1.54) is 19.4 Å². The van der Waals surface area contributed by atoms with Crippen LogP contribution in [0.15, 0.2) is 0 Å². The van der Waals surface area contributed by atoms with E-state index < -0.39 is 11.5 Å². The number of rotatable bonds is 4. The molecule has 0 aliphatic carbocycles. The molecule has 17 heavy (non-hydrogen) atoms. The molecule has 2 aliphatic rings. The minimum Gasteiger partial charge on any atom is -0.480 e. The van der Waals surface area contributed by atoms with Crippen LogP contribution in [0, 0.1) is 5.92 Å². The monoisotopic (exact) mass is 240 g/mol. The molecule has 0 aromatic carbocycles. The number of hydrogen-bond acceptors (Lipinski definition) is 3. The Morgan fingerprint density at radius 1 is 1.59 bits per heavy atom. The van der Waals surface area contributed by atoms with Gasteiger partial charge >= 0.3 is 5.97 Å². The Hall–Kier alpha value is -0.610. The molecular weight excluding hydrogens is 216 g/mol. The van der Waals surface area contributed by atoms with Crippen LogP contribution >= 0.6 is 0 Å². The van der Waals surface area contributed by atoms with Crippen molar-refractivity contribution in [3.05, 3.63) is 0 Å². The van der Waals surface area contributed by atoms with Crippen LogP contribution < -0.4 is 5.32 Å². The molecule has 0 bridgehead atoms. The summed E-state index contributed by atoms with van der Waals surface area (Å²) >= 11 is 0. The molecule has 2 N–H and O–H groups in total. The fraction of sp³-hybridized carbons (Fsp3) is 0.923. The average molecular weight is 240 g/mol. The lowest BCUT2D eigenvalue weighted by Crippen LogP contribution is -2.44. The van der Waals surface area contributed by atoms with Crippen LogP contribution in [0.4, 0.5) is 0 Å². The molecule has 0 saturated carbocycles. The summed E-state index contributed by atoms with van der Waals surface area (Å²) in [5.74, 6) is -0.188. The van der Waals surface area contributed by atoms with Gasteiger partial charge in [0, 0.05) is 6.04 Å². The summed E-state index contributed by atoms with van der Waals surface area (Å²) in [7, 11) is 0. The van der Waals surface area contributed by atoms with E-state index in [4.69, 9.17) is 0 Å². The van der Waals surface area contributed by atoms with E-state index in [9.17, 15) is 9.90 Å². The van der Waals surface area contributed by atoms with Crippen molar-refractivity contribution < 1.29 is 9.90 Å². The van der Waals surface area contributed by atoms with Gasteiger partial charge in [-0.25, -0.2) is 0 Å². The topological polar surface area (TPSA) is 52.6 Å². The second-order valence-electron chi connectivity index (χ2n) is 5.75. The molecule has 2 heterocycles. The third kappa shape index (κ3) is 2.63. The third-order valence-corrected chi connectivity index (χ3v) is 4.46. The van der Waals surface area contributed by atoms with Crippen molar-refractivity contribution in [3.63, 3.8) is 0 Å². The van der Waals surface area contributed by atoms with Gasteiger partial charge in [0.25, 0.3) is 0 Å². The van der Waals surface area contributed by atoms with Crippen molar-refractivity contribution in [1.82, 2.24) is 10.2 Å². The molecule has 3 unspecified atom stereocenters. The predicted octanol–water partition coefficient (Wildman–Crippen LogP) is 1.31. The van der Waals surface area contributed by atoms with Crippen LogP contribution in [-0.2, 0) is 4.79 Å². The van der Waals surface area contributed by atoms with E-state index in [1.807, 2.05) is 6.92 Å². The number of likely N-dealkylation sites (tertiary alicyclic amines) is 1. The standard InChI is InChI=1S/C13H24N2O2/c1-3-15-6-4-5-11(15)7-10-8-13(2,12(16)17)14-9-10/h10-11,14H,3-9H2,1-2H3,(H,16,17). The highest BCUT2D eigenvalue weighted by atomic mass is 16.4. The highest BCUT2D eigenvalue weighted by Gasteiger charge is 2.42. The zero-order valence-corrected chi connectivity index (χ0v) is 10.9. The number of carboxylic acids is 1. The fourth-order valence-corrected chi connectivity index (χ4v) is 3.38. The molecule has 3 atom stereocenters. The average Bonchev–Trinajstić information content (AvgIpc) is 2.87. The summed E-state index contributed by atoms with van der Waals surface area (Å²) in [5.41, 5.74) is -0.694. The Morgan fingerprint density at radius 2 is 2.35 bits per heavy atom. The zero-order valence-electron chi connectivity index (χ0n) is 10.9. The fourth-order valence-electron chi connectivity index (χ4n) is 3.38. The van der Waals surface area contributed by atoms with E-state index in [0.29, 0.717) is 12.0 Å². The van der Waals surface area contributed by atoms with Gasteiger partial charge in [0.1, 0.15) is 5.54 Å². The summed E-state index contributed by atoms with van der Waals surface area (Å²) in [6, 6.07) is 0.683. The summed E-state index contributed by atoms with van der Waals surface area (Å²) < 4.78 is 0. The number of carbonyl (C=O) groups is 1. The number of nitrogens with one attached hydrogen (secondary N) is 1. The van der Waals surface area contributed by atoms with Gasteiger partial charge in [-0.15, -0.1) is 0 Å². The van der Waals surface area contributed by atoms with Crippen molar-refractivity contribution >= 4 is 5.97 Å². The van der Waals surface area contributed by atoms with Crippen molar-refractivity contribution in [2.45, 2.75) is 51.1 Å². The maximum Gasteiger partial charge on any atom is 0.323 e. The number of carboxylic acid groups (broad SMARTS) is 1. The van der Waals surface area contributed by atoms with Gasteiger partial charge < -0.3 is 15.3 Å². The molecule has 2 saturated heterocycles. The van der Waals surface area contributed by atoms with Gasteiger partial charge in [0.2, 0.25) is 0 Å². The van der Waals surface area contributed by atoms with Gasteiger partial charge in [-0.3, -0.25) is 4.79 Å². The van der Waals surface area contributed by atoms with Crippen molar-refractivity contribution in [1.29, 1.82) is 0 Å². The Kier molecular flexibility index (Phi) is 3.73.